The molecule has 1 unspecified atom stereocenters. The first-order valence-electron chi connectivity index (χ1n) is 5.80. The van der Waals surface area contributed by atoms with Crippen molar-refractivity contribution in [3.63, 3.8) is 0 Å². The van der Waals surface area contributed by atoms with Crippen LogP contribution in [0.25, 0.3) is 0 Å². The van der Waals surface area contributed by atoms with E-state index in [-0.39, 0.29) is 16.7 Å². The van der Waals surface area contributed by atoms with Crippen molar-refractivity contribution in [1.29, 1.82) is 0 Å². The van der Waals surface area contributed by atoms with E-state index >= 15 is 0 Å². The van der Waals surface area contributed by atoms with Crippen molar-refractivity contribution >= 4 is 28.8 Å². The van der Waals surface area contributed by atoms with Gasteiger partial charge in [0.2, 0.25) is 5.91 Å². The smallest absolute Gasteiger partial charge is 0.225 e. The summed E-state index contributed by atoms with van der Waals surface area (Å²) >= 11 is 7.78. The van der Waals surface area contributed by atoms with Gasteiger partial charge in [0.15, 0.2) is 0 Å². The van der Waals surface area contributed by atoms with E-state index < -0.39 is 0 Å². The third-order valence-electron chi connectivity index (χ3n) is 2.27. The standard InChI is InChI=1S/C13H20ClNOS/c1-13(2,3)8-10(14)9-15-12(16)7-11-5-4-6-17-11/h4-6,10H,7-9H2,1-3H3,(H,15,16). The van der Waals surface area contributed by atoms with Crippen LogP contribution in [0.1, 0.15) is 32.1 Å². The van der Waals surface area contributed by atoms with Crippen molar-refractivity contribution in [3.05, 3.63) is 22.4 Å². The van der Waals surface area contributed by atoms with Gasteiger partial charge in [-0.3, -0.25) is 4.79 Å². The number of carbonyl (C=O) groups excluding carboxylic acids is 1. The van der Waals surface area contributed by atoms with Gasteiger partial charge in [-0.2, -0.15) is 0 Å². The number of rotatable bonds is 5. The second kappa shape index (κ2) is 6.41. The number of hydrogen-bond acceptors (Lipinski definition) is 2. The Kier molecular flexibility index (Phi) is 5.47. The van der Waals surface area contributed by atoms with Gasteiger partial charge in [0, 0.05) is 11.4 Å². The summed E-state index contributed by atoms with van der Waals surface area (Å²) in [6, 6.07) is 3.93. The number of amides is 1. The highest BCUT2D eigenvalue weighted by molar-refractivity contribution is 7.10. The van der Waals surface area contributed by atoms with E-state index in [0.29, 0.717) is 13.0 Å². The fourth-order valence-electron chi connectivity index (χ4n) is 1.60. The third kappa shape index (κ3) is 6.69. The zero-order valence-electron chi connectivity index (χ0n) is 10.6. The molecule has 0 aromatic carbocycles. The molecule has 1 amide bonds. The summed E-state index contributed by atoms with van der Waals surface area (Å²) in [5.74, 6) is 0.0482. The number of thiophene rings is 1. The molecule has 0 spiro atoms. The maximum atomic E-state index is 11.6. The molecule has 1 N–H and O–H groups in total. The van der Waals surface area contributed by atoms with Crippen LogP contribution in [0.15, 0.2) is 17.5 Å². The Bertz CT molecular complexity index is 343. The summed E-state index contributed by atoms with van der Waals surface area (Å²) in [5, 5.41) is 4.86. The Hall–Kier alpha value is -0.540. The van der Waals surface area contributed by atoms with Gasteiger partial charge in [-0.15, -0.1) is 22.9 Å². The summed E-state index contributed by atoms with van der Waals surface area (Å²) < 4.78 is 0. The Balaban J connectivity index is 2.24. The van der Waals surface area contributed by atoms with Crippen LogP contribution in [0.2, 0.25) is 0 Å². The fourth-order valence-corrected chi connectivity index (χ4v) is 2.84. The Labute approximate surface area is 112 Å². The molecule has 0 aliphatic rings. The van der Waals surface area contributed by atoms with E-state index in [2.05, 4.69) is 26.1 Å². The molecule has 0 bridgehead atoms. The van der Waals surface area contributed by atoms with Crippen LogP contribution >= 0.6 is 22.9 Å². The van der Waals surface area contributed by atoms with Gasteiger partial charge in [-0.1, -0.05) is 26.8 Å². The zero-order chi connectivity index (χ0) is 12.9. The van der Waals surface area contributed by atoms with Crippen molar-refractivity contribution in [3.8, 4) is 0 Å². The lowest BCUT2D eigenvalue weighted by Gasteiger charge is -2.21. The van der Waals surface area contributed by atoms with Crippen molar-refractivity contribution in [1.82, 2.24) is 5.32 Å². The summed E-state index contributed by atoms with van der Waals surface area (Å²) in [6.45, 7) is 6.99. The molecule has 1 aromatic heterocycles. The van der Waals surface area contributed by atoms with Gasteiger partial charge < -0.3 is 5.32 Å². The number of carbonyl (C=O) groups is 1. The van der Waals surface area contributed by atoms with Gasteiger partial charge in [0.05, 0.1) is 11.8 Å². The van der Waals surface area contributed by atoms with E-state index in [0.717, 1.165) is 11.3 Å². The molecular formula is C13H20ClNOS. The van der Waals surface area contributed by atoms with Crippen molar-refractivity contribution in [2.24, 2.45) is 5.41 Å². The van der Waals surface area contributed by atoms with E-state index in [1.165, 1.54) is 0 Å². The molecule has 1 rings (SSSR count). The zero-order valence-corrected chi connectivity index (χ0v) is 12.2. The molecule has 1 heterocycles. The van der Waals surface area contributed by atoms with Gasteiger partial charge >= 0.3 is 0 Å². The minimum absolute atomic E-state index is 0.00212. The SMILES string of the molecule is CC(C)(C)CC(Cl)CNC(=O)Cc1cccs1. The first kappa shape index (κ1) is 14.5. The quantitative estimate of drug-likeness (QED) is 0.818. The largest absolute Gasteiger partial charge is 0.354 e. The van der Waals surface area contributed by atoms with E-state index in [9.17, 15) is 4.79 Å². The van der Waals surface area contributed by atoms with Crippen LogP contribution in [0, 0.1) is 5.41 Å². The lowest BCUT2D eigenvalue weighted by Crippen LogP contribution is -2.32. The molecule has 0 fully saturated rings. The Morgan fingerprint density at radius 2 is 2.24 bits per heavy atom. The van der Waals surface area contributed by atoms with E-state index in [1.807, 2.05) is 17.5 Å². The second-order valence-electron chi connectivity index (χ2n) is 5.42. The average Bonchev–Trinajstić information content (AvgIpc) is 2.64. The normalized spacial score (nSPS) is 13.4. The fraction of sp³-hybridized carbons (Fsp3) is 0.615. The molecule has 0 saturated carbocycles. The summed E-state index contributed by atoms with van der Waals surface area (Å²) in [5.41, 5.74) is 0.199. The van der Waals surface area contributed by atoms with Crippen LogP contribution < -0.4 is 5.32 Å². The first-order valence-corrected chi connectivity index (χ1v) is 7.11. The summed E-state index contributed by atoms with van der Waals surface area (Å²) in [7, 11) is 0. The Morgan fingerprint density at radius 3 is 2.76 bits per heavy atom. The van der Waals surface area contributed by atoms with Crippen LogP contribution in [-0.4, -0.2) is 17.8 Å². The van der Waals surface area contributed by atoms with Crippen LogP contribution in [0.3, 0.4) is 0 Å². The molecule has 2 nitrogen and oxygen atoms in total. The topological polar surface area (TPSA) is 29.1 Å². The van der Waals surface area contributed by atoms with E-state index in [1.54, 1.807) is 11.3 Å². The molecule has 17 heavy (non-hydrogen) atoms. The van der Waals surface area contributed by atoms with Gasteiger partial charge in [-0.25, -0.2) is 0 Å². The predicted molar refractivity (Wildman–Crippen MR) is 74.7 cm³/mol. The Morgan fingerprint density at radius 1 is 1.53 bits per heavy atom. The lowest BCUT2D eigenvalue weighted by molar-refractivity contribution is -0.120. The monoisotopic (exact) mass is 273 g/mol. The van der Waals surface area contributed by atoms with Gasteiger partial charge in [0.25, 0.3) is 0 Å². The minimum atomic E-state index is 0.00212. The highest BCUT2D eigenvalue weighted by Gasteiger charge is 2.17. The second-order valence-corrected chi connectivity index (χ2v) is 7.07. The highest BCUT2D eigenvalue weighted by atomic mass is 35.5. The molecule has 1 aromatic rings. The first-order chi connectivity index (χ1) is 7.87. The van der Waals surface area contributed by atoms with Crippen molar-refractivity contribution < 1.29 is 4.79 Å². The van der Waals surface area contributed by atoms with Gasteiger partial charge in [0.1, 0.15) is 0 Å². The average molecular weight is 274 g/mol. The van der Waals surface area contributed by atoms with Crippen LogP contribution in [-0.2, 0) is 11.2 Å². The van der Waals surface area contributed by atoms with Crippen LogP contribution in [0.4, 0.5) is 0 Å². The number of nitrogens with one attached hydrogen (secondary N) is 1. The molecular weight excluding hydrogens is 254 g/mol. The highest BCUT2D eigenvalue weighted by Crippen LogP contribution is 2.23. The maximum Gasteiger partial charge on any atom is 0.225 e. The molecule has 1 atom stereocenters. The minimum Gasteiger partial charge on any atom is -0.354 e. The van der Waals surface area contributed by atoms with Gasteiger partial charge in [-0.05, 0) is 23.3 Å². The molecule has 0 radical (unpaired) electrons. The van der Waals surface area contributed by atoms with Crippen molar-refractivity contribution in [2.75, 3.05) is 6.54 Å². The number of hydrogen-bond donors (Lipinski definition) is 1. The summed E-state index contributed by atoms with van der Waals surface area (Å²) in [6.07, 6.45) is 1.35. The van der Waals surface area contributed by atoms with E-state index in [4.69, 9.17) is 11.6 Å². The van der Waals surface area contributed by atoms with Crippen molar-refractivity contribution in [2.45, 2.75) is 39.0 Å². The van der Waals surface area contributed by atoms with Crippen LogP contribution in [0.5, 0.6) is 0 Å². The molecule has 4 heteroatoms. The third-order valence-corrected chi connectivity index (χ3v) is 3.45. The maximum absolute atomic E-state index is 11.6. The molecule has 0 saturated heterocycles. The molecule has 0 aliphatic heterocycles. The number of alkyl halides is 1. The molecule has 96 valence electrons. The lowest BCUT2D eigenvalue weighted by atomic mass is 9.90. The molecule has 0 aliphatic carbocycles. The summed E-state index contributed by atoms with van der Waals surface area (Å²) in [4.78, 5) is 12.7. The predicted octanol–water partition coefficient (Wildman–Crippen LogP) is 3.45. The number of halogens is 1.